The van der Waals surface area contributed by atoms with E-state index < -0.39 is 23.0 Å². The highest BCUT2D eigenvalue weighted by atomic mass is 35.5. The highest BCUT2D eigenvalue weighted by molar-refractivity contribution is 6.34. The fraction of sp³-hybridized carbons (Fsp3) is 0.214. The Bertz CT molecular complexity index is 1390. The highest BCUT2D eigenvalue weighted by Crippen LogP contribution is 2.45. The zero-order valence-corrected chi connectivity index (χ0v) is 21.5. The number of methoxy groups -OCH3 is 4. The fourth-order valence-corrected chi connectivity index (χ4v) is 4.63. The van der Waals surface area contributed by atoms with Gasteiger partial charge in [0.05, 0.1) is 33.5 Å². The maximum absolute atomic E-state index is 14.4. The molecule has 0 aromatic heterocycles. The van der Waals surface area contributed by atoms with Crippen LogP contribution in [0.4, 0.5) is 0 Å². The van der Waals surface area contributed by atoms with Crippen molar-refractivity contribution < 1.29 is 33.6 Å². The molecular weight excluding hydrogens is 498 g/mol. The number of ether oxygens (including phenoxy) is 4. The van der Waals surface area contributed by atoms with Crippen LogP contribution in [0.5, 0.6) is 23.0 Å². The van der Waals surface area contributed by atoms with Gasteiger partial charge in [0.1, 0.15) is 11.5 Å². The van der Waals surface area contributed by atoms with Crippen molar-refractivity contribution in [3.8, 4) is 23.0 Å². The molecule has 1 heterocycles. The average molecular weight is 524 g/mol. The van der Waals surface area contributed by atoms with Crippen molar-refractivity contribution >= 4 is 23.3 Å². The molecule has 0 spiro atoms. The Hall–Kier alpha value is -4.17. The van der Waals surface area contributed by atoms with Gasteiger partial charge in [-0.25, -0.2) is 0 Å². The third-order valence-corrected chi connectivity index (χ3v) is 6.63. The van der Waals surface area contributed by atoms with Gasteiger partial charge in [-0.15, -0.1) is 0 Å². The van der Waals surface area contributed by atoms with Crippen LogP contribution in [-0.4, -0.2) is 50.1 Å². The van der Waals surface area contributed by atoms with Crippen molar-refractivity contribution in [2.45, 2.75) is 12.1 Å². The molecule has 0 aliphatic carbocycles. The van der Waals surface area contributed by atoms with Gasteiger partial charge in [0, 0.05) is 18.2 Å². The molecule has 4 rings (SSSR count). The van der Waals surface area contributed by atoms with E-state index in [1.54, 1.807) is 54.6 Å². The molecule has 1 unspecified atom stereocenters. The predicted molar refractivity (Wildman–Crippen MR) is 138 cm³/mol. The van der Waals surface area contributed by atoms with Gasteiger partial charge in [-0.05, 0) is 53.6 Å². The first-order chi connectivity index (χ1) is 17.8. The second kappa shape index (κ2) is 10.4. The summed E-state index contributed by atoms with van der Waals surface area (Å²) >= 11 is 6.48. The van der Waals surface area contributed by atoms with Crippen molar-refractivity contribution in [2.75, 3.05) is 28.4 Å². The Kier molecular flexibility index (Phi) is 7.31. The van der Waals surface area contributed by atoms with E-state index in [0.29, 0.717) is 34.1 Å². The van der Waals surface area contributed by atoms with Gasteiger partial charge in [-0.2, -0.15) is 0 Å². The van der Waals surface area contributed by atoms with Crippen LogP contribution < -0.4 is 18.9 Å². The summed E-state index contributed by atoms with van der Waals surface area (Å²) in [5, 5.41) is 10.9. The summed E-state index contributed by atoms with van der Waals surface area (Å²) < 4.78 is 21.5. The molecule has 1 amide bonds. The molecule has 0 radical (unpaired) electrons. The monoisotopic (exact) mass is 523 g/mol. The number of halogens is 1. The van der Waals surface area contributed by atoms with Crippen LogP contribution in [0.25, 0.3) is 0 Å². The summed E-state index contributed by atoms with van der Waals surface area (Å²) in [6.07, 6.45) is 1.24. The number of amides is 1. The fourth-order valence-electron chi connectivity index (χ4n) is 4.43. The lowest BCUT2D eigenvalue weighted by molar-refractivity contribution is -0.131. The molecule has 0 saturated carbocycles. The summed E-state index contributed by atoms with van der Waals surface area (Å²) in [6, 6.07) is 16.7. The van der Waals surface area contributed by atoms with Crippen molar-refractivity contribution in [2.24, 2.45) is 0 Å². The van der Waals surface area contributed by atoms with Gasteiger partial charge >= 0.3 is 0 Å². The van der Waals surface area contributed by atoms with Crippen molar-refractivity contribution in [3.63, 3.8) is 0 Å². The summed E-state index contributed by atoms with van der Waals surface area (Å²) in [5.74, 6) is -0.0474. The number of Topliss-reactive ketones (excluding diaryl/α,β-unsaturated/α-hetero) is 1. The Morgan fingerprint density at radius 3 is 2.27 bits per heavy atom. The van der Waals surface area contributed by atoms with E-state index in [4.69, 9.17) is 30.5 Å². The SMILES string of the molecule is COc1cccc(CN2C(=O)C(O)=CC2(C(=O)c2cc(OC)ccc2Cl)c2ccc(OC)c(OC)c2)c1. The first-order valence-electron chi connectivity index (χ1n) is 11.3. The van der Waals surface area contributed by atoms with Gasteiger partial charge in [0.2, 0.25) is 0 Å². The Balaban J connectivity index is 1.97. The van der Waals surface area contributed by atoms with Crippen LogP contribution >= 0.6 is 11.6 Å². The van der Waals surface area contributed by atoms with E-state index in [0.717, 1.165) is 0 Å². The molecular formula is C28H26ClNO7. The summed E-state index contributed by atoms with van der Waals surface area (Å²) in [5.41, 5.74) is -0.593. The van der Waals surface area contributed by atoms with Crippen molar-refractivity contribution in [3.05, 3.63) is 94.2 Å². The predicted octanol–water partition coefficient (Wildman–Crippen LogP) is 4.94. The maximum atomic E-state index is 14.4. The van der Waals surface area contributed by atoms with E-state index in [1.807, 2.05) is 0 Å². The lowest BCUT2D eigenvalue weighted by Gasteiger charge is -2.37. The molecule has 1 atom stereocenters. The normalized spacial score (nSPS) is 16.8. The number of aliphatic hydroxyl groups excluding tert-OH is 1. The third-order valence-electron chi connectivity index (χ3n) is 6.30. The standard InChI is InChI=1S/C28H26ClNO7/c1-34-19-7-5-6-17(12-19)16-30-27(33)23(31)15-28(30,18-8-11-24(36-3)25(13-18)37-4)26(32)21-14-20(35-2)9-10-22(21)29/h5-15,31H,16H2,1-4H3. The highest BCUT2D eigenvalue weighted by Gasteiger charge is 2.53. The van der Waals surface area contributed by atoms with E-state index >= 15 is 0 Å². The quantitative estimate of drug-likeness (QED) is 0.397. The molecule has 0 saturated heterocycles. The molecule has 192 valence electrons. The number of rotatable bonds is 9. The van der Waals surface area contributed by atoms with Crippen LogP contribution in [0.3, 0.4) is 0 Å². The van der Waals surface area contributed by atoms with Gasteiger partial charge in [0.15, 0.2) is 28.6 Å². The van der Waals surface area contributed by atoms with E-state index in [2.05, 4.69) is 0 Å². The molecule has 1 aliphatic rings. The van der Waals surface area contributed by atoms with Crippen molar-refractivity contribution in [1.82, 2.24) is 4.90 Å². The number of aliphatic hydroxyl groups is 1. The summed E-state index contributed by atoms with van der Waals surface area (Å²) in [6.45, 7) is -0.0156. The van der Waals surface area contributed by atoms with Crippen LogP contribution in [0.1, 0.15) is 21.5 Å². The van der Waals surface area contributed by atoms with Crippen LogP contribution in [0.2, 0.25) is 5.02 Å². The minimum absolute atomic E-state index is 0.0156. The maximum Gasteiger partial charge on any atom is 0.290 e. The smallest absolute Gasteiger partial charge is 0.290 e. The topological polar surface area (TPSA) is 94.5 Å². The molecule has 0 bridgehead atoms. The molecule has 3 aromatic carbocycles. The van der Waals surface area contributed by atoms with Gasteiger partial charge in [-0.1, -0.05) is 29.8 Å². The molecule has 1 N–H and O–H groups in total. The molecule has 3 aromatic rings. The molecule has 1 aliphatic heterocycles. The third kappa shape index (κ3) is 4.56. The van der Waals surface area contributed by atoms with E-state index in [-0.39, 0.29) is 17.1 Å². The van der Waals surface area contributed by atoms with Gasteiger partial charge in [-0.3, -0.25) is 9.59 Å². The molecule has 8 nitrogen and oxygen atoms in total. The van der Waals surface area contributed by atoms with Gasteiger partial charge in [0.25, 0.3) is 5.91 Å². The Morgan fingerprint density at radius 1 is 0.892 bits per heavy atom. The number of benzene rings is 3. The second-order valence-corrected chi connectivity index (χ2v) is 8.69. The minimum Gasteiger partial charge on any atom is -0.503 e. The average Bonchev–Trinajstić information content (AvgIpc) is 3.18. The molecule has 37 heavy (non-hydrogen) atoms. The first kappa shape index (κ1) is 25.9. The van der Waals surface area contributed by atoms with Crippen LogP contribution in [0, 0.1) is 0 Å². The lowest BCUT2D eigenvalue weighted by Crippen LogP contribution is -2.49. The molecule has 9 heteroatoms. The van der Waals surface area contributed by atoms with Crippen molar-refractivity contribution in [1.29, 1.82) is 0 Å². The zero-order valence-electron chi connectivity index (χ0n) is 20.8. The van der Waals surface area contributed by atoms with Gasteiger partial charge < -0.3 is 29.0 Å². The number of carbonyl (C=O) groups is 2. The zero-order chi connectivity index (χ0) is 26.7. The van der Waals surface area contributed by atoms with E-state index in [9.17, 15) is 14.7 Å². The lowest BCUT2D eigenvalue weighted by atomic mass is 9.81. The largest absolute Gasteiger partial charge is 0.503 e. The van der Waals surface area contributed by atoms with E-state index in [1.165, 1.54) is 45.5 Å². The van der Waals surface area contributed by atoms with Crippen LogP contribution in [0.15, 0.2) is 72.5 Å². The summed E-state index contributed by atoms with van der Waals surface area (Å²) in [7, 11) is 5.97. The number of nitrogens with zero attached hydrogens (tertiary/aromatic N) is 1. The van der Waals surface area contributed by atoms with Crippen LogP contribution in [-0.2, 0) is 16.9 Å². The number of hydrogen-bond donors (Lipinski definition) is 1. The number of hydrogen-bond acceptors (Lipinski definition) is 7. The summed E-state index contributed by atoms with van der Waals surface area (Å²) in [4.78, 5) is 29.1. The number of ketones is 1. The second-order valence-electron chi connectivity index (χ2n) is 8.28. The number of carbonyl (C=O) groups excluding carboxylic acids is 2. The minimum atomic E-state index is -1.76. The molecule has 0 fully saturated rings. The Morgan fingerprint density at radius 2 is 1.59 bits per heavy atom. The first-order valence-corrected chi connectivity index (χ1v) is 11.6. The Labute approximate surface area is 219 Å².